The van der Waals surface area contributed by atoms with Gasteiger partial charge in [0, 0.05) is 45.1 Å². The van der Waals surface area contributed by atoms with Crippen molar-refractivity contribution < 1.29 is 79.7 Å². The summed E-state index contributed by atoms with van der Waals surface area (Å²) >= 11 is 0. The molecular formula is C18H18F9HfO3-3. The van der Waals surface area contributed by atoms with E-state index in [1.807, 2.05) is 0 Å². The maximum absolute atomic E-state index is 11.4. The average molecular weight is 632 g/mol. The van der Waals surface area contributed by atoms with E-state index in [2.05, 4.69) is 18.2 Å². The fraction of sp³-hybridized carbons (Fsp3) is 0.500. The van der Waals surface area contributed by atoms with Crippen LogP contribution in [-0.2, 0) is 40.2 Å². The molecule has 0 aliphatic heterocycles. The fourth-order valence-corrected chi connectivity index (χ4v) is 0.931. The van der Waals surface area contributed by atoms with E-state index in [0.29, 0.717) is 0 Å². The second kappa shape index (κ2) is 18.1. The zero-order valence-electron chi connectivity index (χ0n) is 16.5. The molecule has 0 spiro atoms. The predicted molar refractivity (Wildman–Crippen MR) is 87.5 cm³/mol. The molecule has 0 saturated heterocycles. The summed E-state index contributed by atoms with van der Waals surface area (Å²) in [6.07, 6.45) is -5.81. The molecule has 13 heteroatoms. The molecule has 0 bridgehead atoms. The SMILES string of the molecule is C[C-]=CCC(=O)C(F)(F)F.C[C-]=CCC(=O)C(F)(F)F.C[C-]=CCC(=O)C(F)(F)F.[Hf]. The molecule has 0 unspecified atom stereocenters. The van der Waals surface area contributed by atoms with Crippen LogP contribution in [0.3, 0.4) is 0 Å². The molecular weight excluding hydrogens is 614 g/mol. The molecule has 0 aromatic carbocycles. The molecule has 0 aliphatic carbocycles. The summed E-state index contributed by atoms with van der Waals surface area (Å²) in [7, 11) is 0. The Morgan fingerprint density at radius 1 is 0.548 bits per heavy atom. The minimum atomic E-state index is -4.70. The first-order valence-corrected chi connectivity index (χ1v) is 7.71. The minimum Gasteiger partial charge on any atom is -0.503 e. The summed E-state index contributed by atoms with van der Waals surface area (Å²) in [5.74, 6) is -5.20. The van der Waals surface area contributed by atoms with E-state index in [1.165, 1.54) is 20.8 Å². The molecule has 0 heterocycles. The molecule has 0 rings (SSSR count). The van der Waals surface area contributed by atoms with Crippen molar-refractivity contribution in [1.29, 1.82) is 0 Å². The first-order valence-electron chi connectivity index (χ1n) is 7.71. The number of alkyl halides is 9. The molecule has 0 radical (unpaired) electrons. The van der Waals surface area contributed by atoms with Crippen LogP contribution in [0, 0.1) is 18.2 Å². The fourth-order valence-electron chi connectivity index (χ4n) is 0.931. The van der Waals surface area contributed by atoms with Crippen molar-refractivity contribution in [1.82, 2.24) is 0 Å². The predicted octanol–water partition coefficient (Wildman–Crippen LogP) is 5.66. The Kier molecular flexibility index (Phi) is 21.5. The molecule has 0 aromatic heterocycles. The zero-order chi connectivity index (χ0) is 24.6. The number of halogens is 9. The van der Waals surface area contributed by atoms with Crippen LogP contribution in [0.15, 0.2) is 18.2 Å². The molecule has 31 heavy (non-hydrogen) atoms. The van der Waals surface area contributed by atoms with Gasteiger partial charge in [-0.15, -0.1) is 0 Å². The molecule has 3 nitrogen and oxygen atoms in total. The summed E-state index contributed by atoms with van der Waals surface area (Å²) in [5, 5.41) is 0. The molecule has 0 atom stereocenters. The Morgan fingerprint density at radius 3 is 0.806 bits per heavy atom. The summed E-state index contributed by atoms with van der Waals surface area (Å²) in [4.78, 5) is 30.1. The van der Waals surface area contributed by atoms with Crippen LogP contribution in [0.2, 0.25) is 0 Å². The van der Waals surface area contributed by atoms with Crippen molar-refractivity contribution in [3.05, 3.63) is 36.5 Å². The number of hydrogen-bond donors (Lipinski definition) is 0. The van der Waals surface area contributed by atoms with Crippen molar-refractivity contribution >= 4 is 17.3 Å². The van der Waals surface area contributed by atoms with Gasteiger partial charge in [-0.25, -0.2) is 0 Å². The third-order valence-corrected chi connectivity index (χ3v) is 2.42. The average Bonchev–Trinajstić information content (AvgIpc) is 2.60. The number of rotatable bonds is 6. The van der Waals surface area contributed by atoms with Crippen molar-refractivity contribution in [2.75, 3.05) is 0 Å². The smallest absolute Gasteiger partial charge is 0.450 e. The van der Waals surface area contributed by atoms with E-state index in [-0.39, 0.29) is 25.8 Å². The van der Waals surface area contributed by atoms with Crippen molar-refractivity contribution in [2.24, 2.45) is 0 Å². The van der Waals surface area contributed by atoms with Crippen LogP contribution in [-0.4, -0.2) is 35.9 Å². The number of ketones is 3. The molecule has 0 aliphatic rings. The van der Waals surface area contributed by atoms with Gasteiger partial charge in [0.2, 0.25) is 17.3 Å². The third-order valence-electron chi connectivity index (χ3n) is 2.42. The van der Waals surface area contributed by atoms with Gasteiger partial charge in [0.15, 0.2) is 0 Å². The second-order valence-electron chi connectivity index (χ2n) is 4.85. The molecule has 0 fully saturated rings. The first kappa shape index (κ1) is 36.8. The van der Waals surface area contributed by atoms with Gasteiger partial charge in [-0.2, -0.15) is 60.3 Å². The Labute approximate surface area is 192 Å². The van der Waals surface area contributed by atoms with Crippen LogP contribution >= 0.6 is 0 Å². The van der Waals surface area contributed by atoms with Crippen LogP contribution < -0.4 is 0 Å². The van der Waals surface area contributed by atoms with E-state index in [0.717, 1.165) is 18.2 Å². The monoisotopic (exact) mass is 633 g/mol. The van der Waals surface area contributed by atoms with Gasteiger partial charge in [-0.1, -0.05) is 0 Å². The van der Waals surface area contributed by atoms with Gasteiger partial charge in [0.1, 0.15) is 0 Å². The van der Waals surface area contributed by atoms with Gasteiger partial charge in [-0.05, 0) is 0 Å². The molecule has 0 saturated carbocycles. The molecule has 0 amide bonds. The topological polar surface area (TPSA) is 51.2 Å². The Morgan fingerprint density at radius 2 is 0.710 bits per heavy atom. The number of carbonyl (C=O) groups is 3. The summed E-state index contributed by atoms with van der Waals surface area (Å²) < 4.78 is 102. The standard InChI is InChI=1S/3C6H6F3O.Hf/c3*1-2-3-4-5(10)6(7,8)9;/h3*3H,4H2,1H3;/q3*-1;. The second-order valence-corrected chi connectivity index (χ2v) is 4.85. The summed E-state index contributed by atoms with van der Waals surface area (Å²) in [6.45, 7) is 4.30. The molecule has 178 valence electrons. The number of Topliss-reactive ketones (excluding diaryl/α,β-unsaturated/α-hetero) is 3. The first-order chi connectivity index (χ1) is 13.4. The van der Waals surface area contributed by atoms with Crippen LogP contribution in [0.4, 0.5) is 39.5 Å². The number of carbonyl (C=O) groups excluding carboxylic acids is 3. The molecule has 0 N–H and O–H groups in total. The summed E-state index contributed by atoms with van der Waals surface area (Å²) in [5.41, 5.74) is 0. The Balaban J connectivity index is -0.000000174. The number of allylic oxidation sites excluding steroid dienone is 6. The van der Waals surface area contributed by atoms with Crippen molar-refractivity contribution in [3.8, 4) is 0 Å². The van der Waals surface area contributed by atoms with Crippen molar-refractivity contribution in [3.63, 3.8) is 0 Å². The van der Waals surface area contributed by atoms with E-state index in [1.54, 1.807) is 0 Å². The van der Waals surface area contributed by atoms with Gasteiger partial charge >= 0.3 is 18.5 Å². The molecule has 0 aromatic rings. The van der Waals surface area contributed by atoms with E-state index < -0.39 is 55.1 Å². The van der Waals surface area contributed by atoms with Crippen LogP contribution in [0.5, 0.6) is 0 Å². The minimum absolute atomic E-state index is 0. The number of hydrogen-bond acceptors (Lipinski definition) is 3. The van der Waals surface area contributed by atoms with Gasteiger partial charge < -0.3 is 18.2 Å². The maximum atomic E-state index is 11.4. The maximum Gasteiger partial charge on any atom is 0.450 e. The largest absolute Gasteiger partial charge is 0.503 e. The van der Waals surface area contributed by atoms with Gasteiger partial charge in [0.25, 0.3) is 0 Å². The summed E-state index contributed by atoms with van der Waals surface area (Å²) in [6, 6.07) is 0. The Hall–Kier alpha value is -1.53. The van der Waals surface area contributed by atoms with Gasteiger partial charge in [-0.3, -0.25) is 32.6 Å². The third kappa shape index (κ3) is 24.6. The Bertz CT molecular complexity index is 529. The van der Waals surface area contributed by atoms with E-state index in [9.17, 15) is 53.9 Å². The van der Waals surface area contributed by atoms with E-state index >= 15 is 0 Å². The van der Waals surface area contributed by atoms with Crippen LogP contribution in [0.25, 0.3) is 0 Å². The normalized spacial score (nSPS) is 12.0. The quantitative estimate of drug-likeness (QED) is 0.216. The van der Waals surface area contributed by atoms with Crippen molar-refractivity contribution in [2.45, 2.75) is 58.6 Å². The van der Waals surface area contributed by atoms with Gasteiger partial charge in [0.05, 0.1) is 0 Å². The van der Waals surface area contributed by atoms with Crippen LogP contribution in [0.1, 0.15) is 40.0 Å². The zero-order valence-corrected chi connectivity index (χ0v) is 20.1. The van der Waals surface area contributed by atoms with E-state index in [4.69, 9.17) is 0 Å².